The molecule has 6 nitrogen and oxygen atoms in total. The zero-order valence-electron chi connectivity index (χ0n) is 14.9. The summed E-state index contributed by atoms with van der Waals surface area (Å²) in [6.45, 7) is 2.97. The molecule has 144 valence electrons. The smallest absolute Gasteiger partial charge is 0.354 e. The van der Waals surface area contributed by atoms with Crippen molar-refractivity contribution in [1.29, 1.82) is 0 Å². The second kappa shape index (κ2) is 7.67. The van der Waals surface area contributed by atoms with E-state index in [1.54, 1.807) is 7.05 Å². The van der Waals surface area contributed by atoms with E-state index < -0.39 is 11.9 Å². The number of alkyl halides is 3. The molecule has 26 heavy (non-hydrogen) atoms. The van der Waals surface area contributed by atoms with Gasteiger partial charge in [0.2, 0.25) is 5.95 Å². The molecule has 0 bridgehead atoms. The molecule has 2 aliphatic rings. The van der Waals surface area contributed by atoms with E-state index in [-0.39, 0.29) is 5.95 Å². The van der Waals surface area contributed by atoms with Crippen LogP contribution in [0, 0.1) is 5.41 Å². The molecule has 1 aromatic heterocycles. The molecule has 9 heteroatoms. The van der Waals surface area contributed by atoms with Crippen molar-refractivity contribution in [2.24, 2.45) is 10.4 Å². The highest BCUT2D eigenvalue weighted by atomic mass is 19.4. The minimum Gasteiger partial charge on any atom is -0.354 e. The lowest BCUT2D eigenvalue weighted by molar-refractivity contribution is -0.141. The first-order valence-corrected chi connectivity index (χ1v) is 9.02. The van der Waals surface area contributed by atoms with Crippen LogP contribution < -0.4 is 10.6 Å². The number of halogens is 3. The van der Waals surface area contributed by atoms with Crippen LogP contribution >= 0.6 is 0 Å². The van der Waals surface area contributed by atoms with Gasteiger partial charge in [0.05, 0.1) is 0 Å². The summed E-state index contributed by atoms with van der Waals surface area (Å²) in [6, 6.07) is 0.859. The summed E-state index contributed by atoms with van der Waals surface area (Å²) in [5.41, 5.74) is -0.487. The number of likely N-dealkylation sites (tertiary alicyclic amines) is 1. The Morgan fingerprint density at radius 2 is 2.04 bits per heavy atom. The Hall–Kier alpha value is -2.06. The summed E-state index contributed by atoms with van der Waals surface area (Å²) in [6.07, 6.45) is 3.09. The van der Waals surface area contributed by atoms with Gasteiger partial charge in [-0.2, -0.15) is 13.2 Å². The predicted octanol–water partition coefficient (Wildman–Crippen LogP) is 2.75. The highest BCUT2D eigenvalue weighted by Crippen LogP contribution is 2.45. The molecular formula is C17H25F3N6. The molecule has 2 fully saturated rings. The zero-order valence-corrected chi connectivity index (χ0v) is 14.9. The monoisotopic (exact) mass is 370 g/mol. The molecule has 0 aromatic carbocycles. The molecular weight excluding hydrogens is 345 g/mol. The minimum atomic E-state index is -4.47. The maximum Gasteiger partial charge on any atom is 0.433 e. The molecule has 1 aliphatic heterocycles. The van der Waals surface area contributed by atoms with Crippen molar-refractivity contribution in [3.8, 4) is 0 Å². The van der Waals surface area contributed by atoms with Crippen molar-refractivity contribution < 1.29 is 13.2 Å². The molecule has 0 atom stereocenters. The van der Waals surface area contributed by atoms with Crippen molar-refractivity contribution in [3.63, 3.8) is 0 Å². The first-order chi connectivity index (χ1) is 12.4. The molecule has 0 amide bonds. The number of hydrogen-bond donors (Lipinski definition) is 2. The SMILES string of the molecule is CN=C(NCCNc1nccc(C(F)(F)F)n1)N1CCC2(CCCC2)C1. The van der Waals surface area contributed by atoms with E-state index in [0.29, 0.717) is 18.5 Å². The Balaban J connectivity index is 1.45. The number of aliphatic imine (C=N–C) groups is 1. The van der Waals surface area contributed by atoms with Gasteiger partial charge in [0, 0.05) is 39.4 Å². The quantitative estimate of drug-likeness (QED) is 0.485. The molecule has 2 N–H and O–H groups in total. The van der Waals surface area contributed by atoms with Gasteiger partial charge in [-0.1, -0.05) is 12.8 Å². The molecule has 0 radical (unpaired) electrons. The van der Waals surface area contributed by atoms with Crippen molar-refractivity contribution in [2.45, 2.75) is 38.3 Å². The van der Waals surface area contributed by atoms with E-state index >= 15 is 0 Å². The third-order valence-corrected chi connectivity index (χ3v) is 5.25. The molecule has 2 heterocycles. The molecule has 1 aromatic rings. The van der Waals surface area contributed by atoms with Gasteiger partial charge >= 0.3 is 6.18 Å². The van der Waals surface area contributed by atoms with Crippen LogP contribution in [0.2, 0.25) is 0 Å². The number of rotatable bonds is 4. The van der Waals surface area contributed by atoms with Crippen LogP contribution in [0.15, 0.2) is 17.3 Å². The van der Waals surface area contributed by atoms with E-state index in [1.807, 2.05) is 0 Å². The Morgan fingerprint density at radius 1 is 1.27 bits per heavy atom. The van der Waals surface area contributed by atoms with Gasteiger partial charge in [0.25, 0.3) is 0 Å². The third kappa shape index (κ3) is 4.37. The Bertz CT molecular complexity index is 640. The van der Waals surface area contributed by atoms with Gasteiger partial charge in [0.15, 0.2) is 5.96 Å². The topological polar surface area (TPSA) is 65.4 Å². The number of nitrogens with one attached hydrogen (secondary N) is 2. The van der Waals surface area contributed by atoms with Crippen LogP contribution in [0.1, 0.15) is 37.8 Å². The average molecular weight is 370 g/mol. The van der Waals surface area contributed by atoms with Gasteiger partial charge in [-0.15, -0.1) is 0 Å². The van der Waals surface area contributed by atoms with E-state index in [1.165, 1.54) is 32.1 Å². The first kappa shape index (κ1) is 18.7. The molecule has 1 spiro atoms. The molecule has 1 saturated heterocycles. The van der Waals surface area contributed by atoms with Crippen LogP contribution in [0.5, 0.6) is 0 Å². The average Bonchev–Trinajstić information content (AvgIpc) is 3.25. The largest absolute Gasteiger partial charge is 0.433 e. The van der Waals surface area contributed by atoms with E-state index in [4.69, 9.17) is 0 Å². The van der Waals surface area contributed by atoms with E-state index in [9.17, 15) is 13.2 Å². The number of nitrogens with zero attached hydrogens (tertiary/aromatic N) is 4. The van der Waals surface area contributed by atoms with E-state index in [2.05, 4.69) is 30.5 Å². The summed E-state index contributed by atoms with van der Waals surface area (Å²) in [7, 11) is 1.76. The van der Waals surface area contributed by atoms with Gasteiger partial charge in [-0.3, -0.25) is 4.99 Å². The van der Waals surface area contributed by atoms with Gasteiger partial charge in [-0.25, -0.2) is 9.97 Å². The summed E-state index contributed by atoms with van der Waals surface area (Å²) in [5, 5.41) is 6.09. The van der Waals surface area contributed by atoms with Crippen LogP contribution in [0.3, 0.4) is 0 Å². The second-order valence-corrected chi connectivity index (χ2v) is 7.04. The second-order valence-electron chi connectivity index (χ2n) is 7.04. The van der Waals surface area contributed by atoms with Gasteiger partial charge in [-0.05, 0) is 30.7 Å². The maximum atomic E-state index is 12.7. The normalized spacial score (nSPS) is 20.0. The van der Waals surface area contributed by atoms with Crippen molar-refractivity contribution in [3.05, 3.63) is 18.0 Å². The standard InChI is InChI=1S/C17H25F3N6/c1-21-15(26-11-7-16(12-26)5-2-3-6-16)24-10-9-23-14-22-8-4-13(25-14)17(18,19)20/h4,8H,2-3,5-7,9-12H2,1H3,(H,21,24)(H,22,23,25). The summed E-state index contributed by atoms with van der Waals surface area (Å²) in [4.78, 5) is 13.9. The van der Waals surface area contributed by atoms with Crippen LogP contribution in [-0.2, 0) is 6.18 Å². The van der Waals surface area contributed by atoms with Crippen molar-refractivity contribution in [1.82, 2.24) is 20.2 Å². The van der Waals surface area contributed by atoms with Gasteiger partial charge < -0.3 is 15.5 Å². The summed E-state index contributed by atoms with van der Waals surface area (Å²) >= 11 is 0. The lowest BCUT2D eigenvalue weighted by atomic mass is 9.86. The highest BCUT2D eigenvalue weighted by Gasteiger charge is 2.41. The number of guanidine groups is 1. The van der Waals surface area contributed by atoms with E-state index in [0.717, 1.165) is 31.3 Å². The molecule has 0 unspecified atom stereocenters. The fraction of sp³-hybridized carbons (Fsp3) is 0.706. The Kier molecular flexibility index (Phi) is 5.52. The fourth-order valence-corrected chi connectivity index (χ4v) is 3.93. The predicted molar refractivity (Wildman–Crippen MR) is 94.0 cm³/mol. The maximum absolute atomic E-state index is 12.7. The van der Waals surface area contributed by atoms with Crippen LogP contribution in [0.4, 0.5) is 19.1 Å². The van der Waals surface area contributed by atoms with Crippen LogP contribution in [-0.4, -0.2) is 54.1 Å². The van der Waals surface area contributed by atoms with Crippen molar-refractivity contribution >= 4 is 11.9 Å². The highest BCUT2D eigenvalue weighted by molar-refractivity contribution is 5.80. The van der Waals surface area contributed by atoms with Gasteiger partial charge in [0.1, 0.15) is 5.69 Å². The molecule has 1 saturated carbocycles. The number of hydrogen-bond acceptors (Lipinski definition) is 4. The summed E-state index contributed by atoms with van der Waals surface area (Å²) in [5.74, 6) is 0.822. The third-order valence-electron chi connectivity index (χ3n) is 5.25. The first-order valence-electron chi connectivity index (χ1n) is 9.02. The molecule has 1 aliphatic carbocycles. The number of aromatic nitrogens is 2. The zero-order chi connectivity index (χ0) is 18.6. The summed E-state index contributed by atoms with van der Waals surface area (Å²) < 4.78 is 38.0. The Morgan fingerprint density at radius 3 is 2.73 bits per heavy atom. The lowest BCUT2D eigenvalue weighted by Gasteiger charge is -2.26. The Labute approximate surface area is 151 Å². The minimum absolute atomic E-state index is 0.0253. The fourth-order valence-electron chi connectivity index (χ4n) is 3.93. The molecule has 3 rings (SSSR count). The number of anilines is 1. The lowest BCUT2D eigenvalue weighted by Crippen LogP contribution is -2.42. The van der Waals surface area contributed by atoms with Crippen LogP contribution in [0.25, 0.3) is 0 Å². The van der Waals surface area contributed by atoms with Crippen molar-refractivity contribution in [2.75, 3.05) is 38.5 Å².